The van der Waals surface area contributed by atoms with Crippen molar-refractivity contribution in [2.45, 2.75) is 13.5 Å². The van der Waals surface area contributed by atoms with E-state index in [9.17, 15) is 9.90 Å². The van der Waals surface area contributed by atoms with Crippen LogP contribution in [0.3, 0.4) is 0 Å². The number of benzene rings is 1. The molecule has 0 bridgehead atoms. The van der Waals surface area contributed by atoms with Crippen LogP contribution in [0.25, 0.3) is 11.0 Å². The second-order valence-corrected chi connectivity index (χ2v) is 3.83. The topological polar surface area (TPSA) is 72.1 Å². The van der Waals surface area contributed by atoms with Crippen LogP contribution in [0, 0.1) is 6.92 Å². The largest absolute Gasteiger partial charge is 0.530 e. The number of carbonyl (C=O) groups excluding carboxylic acids is 1. The van der Waals surface area contributed by atoms with Gasteiger partial charge in [0.25, 0.3) is 0 Å². The molecule has 0 aliphatic heterocycles. The number of rotatable bonds is 2. The van der Waals surface area contributed by atoms with Crippen molar-refractivity contribution < 1.29 is 9.90 Å². The third-order valence-corrected chi connectivity index (χ3v) is 2.39. The number of hydrogen-bond donors (Lipinski definition) is 1. The summed E-state index contributed by atoms with van der Waals surface area (Å²) in [4.78, 5) is 19.0. The quantitative estimate of drug-likeness (QED) is 0.804. The van der Waals surface area contributed by atoms with Gasteiger partial charge in [-0.15, -0.1) is 0 Å². The number of nitrogens with one attached hydrogen (secondary N) is 1. The van der Waals surface area contributed by atoms with Crippen LogP contribution < -0.4 is 5.11 Å². The molecule has 5 nitrogen and oxygen atoms in total. The van der Waals surface area contributed by atoms with Crippen molar-refractivity contribution in [2.24, 2.45) is 0 Å². The van der Waals surface area contributed by atoms with Crippen LogP contribution in [0.1, 0.15) is 11.4 Å². The zero-order valence-corrected chi connectivity index (χ0v) is 9.15. The molecule has 1 amide bonds. The highest BCUT2D eigenvalue weighted by Crippen LogP contribution is 2.13. The molecule has 0 saturated carbocycles. The molecule has 1 aromatic carbocycles. The standard InChI is InChI=1S/C11H13N3O2/c1-7-3-4-8-9(5-7)13-10(12-8)6-14(2)11(15)16/h3-5H,6H2,1-2H3,(H,12,13)(H,15,16)/p-1. The Labute approximate surface area is 92.7 Å². The third kappa shape index (κ3) is 1.98. The van der Waals surface area contributed by atoms with E-state index in [4.69, 9.17) is 0 Å². The molecule has 0 aliphatic rings. The first-order valence-electron chi connectivity index (χ1n) is 4.93. The smallest absolute Gasteiger partial charge is 0.137 e. The average Bonchev–Trinajstić information content (AvgIpc) is 2.58. The first kappa shape index (κ1) is 10.5. The number of fused-ring (bicyclic) bond motifs is 1. The van der Waals surface area contributed by atoms with Gasteiger partial charge in [0, 0.05) is 7.05 Å². The van der Waals surface area contributed by atoms with Crippen LogP contribution in [0.2, 0.25) is 0 Å². The maximum absolute atomic E-state index is 10.5. The van der Waals surface area contributed by atoms with E-state index in [0.717, 1.165) is 21.5 Å². The van der Waals surface area contributed by atoms with E-state index in [1.165, 1.54) is 7.05 Å². The lowest BCUT2D eigenvalue weighted by atomic mass is 10.2. The first-order valence-corrected chi connectivity index (χ1v) is 4.93. The molecule has 1 heterocycles. The van der Waals surface area contributed by atoms with Gasteiger partial charge in [0.1, 0.15) is 11.9 Å². The maximum Gasteiger partial charge on any atom is 0.137 e. The summed E-state index contributed by atoms with van der Waals surface area (Å²) >= 11 is 0. The number of amides is 1. The Balaban J connectivity index is 2.29. The molecule has 2 aromatic rings. The monoisotopic (exact) mass is 218 g/mol. The Bertz CT molecular complexity index is 533. The molecule has 0 atom stereocenters. The van der Waals surface area contributed by atoms with Crippen molar-refractivity contribution in [3.05, 3.63) is 29.6 Å². The van der Waals surface area contributed by atoms with E-state index in [2.05, 4.69) is 9.97 Å². The molecule has 0 spiro atoms. The lowest BCUT2D eigenvalue weighted by Crippen LogP contribution is -2.38. The highest BCUT2D eigenvalue weighted by atomic mass is 16.4. The minimum Gasteiger partial charge on any atom is -0.530 e. The third-order valence-electron chi connectivity index (χ3n) is 2.39. The predicted octanol–water partition coefficient (Wildman–Crippen LogP) is 0.646. The Kier molecular flexibility index (Phi) is 2.52. The molecule has 1 aromatic heterocycles. The molecule has 16 heavy (non-hydrogen) atoms. The molecular formula is C11H12N3O2-. The number of aromatic amines is 1. The van der Waals surface area contributed by atoms with E-state index in [1.54, 1.807) is 0 Å². The van der Waals surface area contributed by atoms with Crippen LogP contribution in [-0.4, -0.2) is 28.0 Å². The minimum absolute atomic E-state index is 0.204. The SMILES string of the molecule is Cc1ccc2nc(CN(C)C(=O)[O-])[nH]c2c1. The fourth-order valence-electron chi connectivity index (χ4n) is 1.54. The Morgan fingerprint density at radius 1 is 1.56 bits per heavy atom. The van der Waals surface area contributed by atoms with E-state index >= 15 is 0 Å². The molecule has 0 saturated heterocycles. The van der Waals surface area contributed by atoms with Gasteiger partial charge in [-0.25, -0.2) is 4.98 Å². The van der Waals surface area contributed by atoms with Gasteiger partial charge in [0.05, 0.1) is 17.6 Å². The Morgan fingerprint density at radius 2 is 2.31 bits per heavy atom. The number of imidazole rings is 1. The summed E-state index contributed by atoms with van der Waals surface area (Å²) in [6, 6.07) is 5.85. The number of H-pyrrole nitrogens is 1. The zero-order valence-electron chi connectivity index (χ0n) is 9.15. The van der Waals surface area contributed by atoms with E-state index in [-0.39, 0.29) is 6.54 Å². The summed E-state index contributed by atoms with van der Waals surface area (Å²) in [5, 5.41) is 10.5. The fraction of sp³-hybridized carbons (Fsp3) is 0.273. The number of nitrogens with zero attached hydrogens (tertiary/aromatic N) is 2. The molecule has 0 aliphatic carbocycles. The summed E-state index contributed by atoms with van der Waals surface area (Å²) in [7, 11) is 1.45. The average molecular weight is 218 g/mol. The molecule has 84 valence electrons. The number of aromatic nitrogens is 2. The van der Waals surface area contributed by atoms with E-state index in [0.29, 0.717) is 5.82 Å². The van der Waals surface area contributed by atoms with Gasteiger partial charge in [-0.2, -0.15) is 0 Å². The van der Waals surface area contributed by atoms with Crippen LogP contribution in [0.4, 0.5) is 4.79 Å². The predicted molar refractivity (Wildman–Crippen MR) is 57.7 cm³/mol. The summed E-state index contributed by atoms with van der Waals surface area (Å²) in [5.41, 5.74) is 2.89. The van der Waals surface area contributed by atoms with Crippen molar-refractivity contribution in [3.63, 3.8) is 0 Å². The van der Waals surface area contributed by atoms with Crippen LogP contribution in [0.5, 0.6) is 0 Å². The molecular weight excluding hydrogens is 206 g/mol. The van der Waals surface area contributed by atoms with Crippen molar-refractivity contribution >= 4 is 17.1 Å². The number of hydrogen-bond acceptors (Lipinski definition) is 3. The van der Waals surface area contributed by atoms with Gasteiger partial charge in [-0.1, -0.05) is 6.07 Å². The summed E-state index contributed by atoms with van der Waals surface area (Å²) in [6.07, 6.45) is -1.21. The number of carbonyl (C=O) groups is 1. The van der Waals surface area contributed by atoms with Gasteiger partial charge in [-0.05, 0) is 24.6 Å². The first-order chi connectivity index (χ1) is 7.56. The van der Waals surface area contributed by atoms with E-state index in [1.807, 2.05) is 25.1 Å². The lowest BCUT2D eigenvalue weighted by molar-refractivity contribution is -0.264. The second kappa shape index (κ2) is 3.84. The lowest BCUT2D eigenvalue weighted by Gasteiger charge is -2.17. The Morgan fingerprint density at radius 3 is 3.00 bits per heavy atom. The van der Waals surface area contributed by atoms with Gasteiger partial charge in [-0.3, -0.25) is 0 Å². The normalized spacial score (nSPS) is 10.6. The number of aryl methyl sites for hydroxylation is 1. The van der Waals surface area contributed by atoms with Crippen molar-refractivity contribution in [1.82, 2.24) is 14.9 Å². The summed E-state index contributed by atoms with van der Waals surface area (Å²) < 4.78 is 0. The van der Waals surface area contributed by atoms with Gasteiger partial charge in [0.2, 0.25) is 0 Å². The molecule has 0 fully saturated rings. The zero-order chi connectivity index (χ0) is 11.7. The molecule has 5 heteroatoms. The Hall–Kier alpha value is -2.04. The molecule has 0 unspecified atom stereocenters. The highest BCUT2D eigenvalue weighted by Gasteiger charge is 2.05. The fourth-order valence-corrected chi connectivity index (χ4v) is 1.54. The summed E-state index contributed by atoms with van der Waals surface area (Å²) in [6.45, 7) is 2.20. The van der Waals surface area contributed by atoms with Crippen molar-refractivity contribution in [1.29, 1.82) is 0 Å². The highest BCUT2D eigenvalue weighted by molar-refractivity contribution is 5.75. The van der Waals surface area contributed by atoms with Crippen LogP contribution in [0.15, 0.2) is 18.2 Å². The maximum atomic E-state index is 10.5. The molecule has 1 N–H and O–H groups in total. The molecule has 0 radical (unpaired) electrons. The van der Waals surface area contributed by atoms with Crippen LogP contribution in [-0.2, 0) is 6.54 Å². The van der Waals surface area contributed by atoms with Crippen molar-refractivity contribution in [2.75, 3.05) is 7.05 Å². The summed E-state index contributed by atoms with van der Waals surface area (Å²) in [5.74, 6) is 0.618. The minimum atomic E-state index is -1.21. The van der Waals surface area contributed by atoms with Gasteiger partial charge >= 0.3 is 0 Å². The van der Waals surface area contributed by atoms with E-state index < -0.39 is 6.09 Å². The van der Waals surface area contributed by atoms with Crippen molar-refractivity contribution in [3.8, 4) is 0 Å². The van der Waals surface area contributed by atoms with Crippen LogP contribution >= 0.6 is 0 Å². The molecule has 2 rings (SSSR count). The van der Waals surface area contributed by atoms with Gasteiger partial charge in [0.15, 0.2) is 0 Å². The van der Waals surface area contributed by atoms with Gasteiger partial charge < -0.3 is 19.8 Å². The number of carboxylic acid groups (broad SMARTS) is 1. The second-order valence-electron chi connectivity index (χ2n) is 3.83.